The van der Waals surface area contributed by atoms with Crippen molar-refractivity contribution in [3.05, 3.63) is 34.6 Å². The molecule has 76 valence electrons. The van der Waals surface area contributed by atoms with Crippen molar-refractivity contribution in [3.8, 4) is 0 Å². The van der Waals surface area contributed by atoms with Crippen molar-refractivity contribution in [2.75, 3.05) is 0 Å². The standard InChI is InChI=1S/C11H11Cl2F/c12-8-4-1-3-7(8)11-9(13)5-2-6-10(11)14/h2,5-8H,1,3-4H2. The molecule has 0 spiro atoms. The van der Waals surface area contributed by atoms with Crippen LogP contribution in [0.15, 0.2) is 18.2 Å². The van der Waals surface area contributed by atoms with Crippen molar-refractivity contribution in [1.82, 2.24) is 0 Å². The Hall–Kier alpha value is -0.270. The Balaban J connectivity index is 2.39. The van der Waals surface area contributed by atoms with Crippen molar-refractivity contribution < 1.29 is 4.39 Å². The maximum Gasteiger partial charge on any atom is 0.128 e. The molecule has 0 aromatic heterocycles. The lowest BCUT2D eigenvalue weighted by Gasteiger charge is -2.16. The van der Waals surface area contributed by atoms with Gasteiger partial charge in [0.1, 0.15) is 5.82 Å². The summed E-state index contributed by atoms with van der Waals surface area (Å²) in [4.78, 5) is 0. The first-order valence-corrected chi connectivity index (χ1v) is 5.59. The topological polar surface area (TPSA) is 0 Å². The average Bonchev–Trinajstić information content (AvgIpc) is 2.52. The van der Waals surface area contributed by atoms with Crippen LogP contribution in [0.5, 0.6) is 0 Å². The second kappa shape index (κ2) is 4.08. The fourth-order valence-corrected chi connectivity index (χ4v) is 2.81. The minimum atomic E-state index is -0.227. The Kier molecular flexibility index (Phi) is 2.99. The summed E-state index contributed by atoms with van der Waals surface area (Å²) >= 11 is 12.1. The highest BCUT2D eigenvalue weighted by Crippen LogP contribution is 2.41. The first-order valence-electron chi connectivity index (χ1n) is 4.78. The Morgan fingerprint density at radius 2 is 2.07 bits per heavy atom. The van der Waals surface area contributed by atoms with E-state index in [4.69, 9.17) is 23.2 Å². The SMILES string of the molecule is Fc1cccc(Cl)c1C1CCCC1Cl. The molecule has 14 heavy (non-hydrogen) atoms. The number of hydrogen-bond acceptors (Lipinski definition) is 0. The molecule has 0 amide bonds. The van der Waals surface area contributed by atoms with Gasteiger partial charge in [0, 0.05) is 21.9 Å². The molecule has 1 fully saturated rings. The van der Waals surface area contributed by atoms with Crippen LogP contribution in [0.4, 0.5) is 4.39 Å². The monoisotopic (exact) mass is 232 g/mol. The van der Waals surface area contributed by atoms with Crippen molar-refractivity contribution in [3.63, 3.8) is 0 Å². The van der Waals surface area contributed by atoms with Crippen LogP contribution in [0.2, 0.25) is 5.02 Å². The Labute approximate surface area is 93.0 Å². The molecule has 0 saturated heterocycles. The first kappa shape index (κ1) is 10.3. The van der Waals surface area contributed by atoms with E-state index >= 15 is 0 Å². The molecule has 1 aliphatic carbocycles. The average molecular weight is 233 g/mol. The Bertz CT molecular complexity index is 318. The molecule has 1 saturated carbocycles. The molecule has 2 atom stereocenters. The van der Waals surface area contributed by atoms with Crippen LogP contribution in [0.1, 0.15) is 30.7 Å². The lowest BCUT2D eigenvalue weighted by atomic mass is 9.97. The largest absolute Gasteiger partial charge is 0.207 e. The molecular formula is C11H11Cl2F. The second-order valence-corrected chi connectivity index (χ2v) is 4.66. The van der Waals surface area contributed by atoms with E-state index in [0.29, 0.717) is 10.6 Å². The van der Waals surface area contributed by atoms with Gasteiger partial charge in [-0.25, -0.2) is 4.39 Å². The predicted octanol–water partition coefficient (Wildman–Crippen LogP) is 4.35. The molecule has 0 radical (unpaired) electrons. The summed E-state index contributed by atoms with van der Waals surface area (Å²) in [6.45, 7) is 0. The number of rotatable bonds is 1. The molecular weight excluding hydrogens is 222 g/mol. The van der Waals surface area contributed by atoms with E-state index in [1.54, 1.807) is 12.1 Å². The van der Waals surface area contributed by atoms with Gasteiger partial charge in [-0.1, -0.05) is 24.1 Å². The first-order chi connectivity index (χ1) is 6.70. The summed E-state index contributed by atoms with van der Waals surface area (Å²) in [7, 11) is 0. The molecule has 0 heterocycles. The summed E-state index contributed by atoms with van der Waals surface area (Å²) in [6.07, 6.45) is 2.95. The fourth-order valence-electron chi connectivity index (χ4n) is 2.10. The normalized spacial score (nSPS) is 26.8. The lowest BCUT2D eigenvalue weighted by molar-refractivity contribution is 0.582. The lowest BCUT2D eigenvalue weighted by Crippen LogP contribution is -2.07. The van der Waals surface area contributed by atoms with Gasteiger partial charge in [-0.3, -0.25) is 0 Å². The highest BCUT2D eigenvalue weighted by molar-refractivity contribution is 6.31. The third-order valence-electron chi connectivity index (χ3n) is 2.80. The smallest absolute Gasteiger partial charge is 0.128 e. The van der Waals surface area contributed by atoms with Crippen LogP contribution in [0, 0.1) is 5.82 Å². The molecule has 2 unspecified atom stereocenters. The van der Waals surface area contributed by atoms with Crippen molar-refractivity contribution >= 4 is 23.2 Å². The predicted molar refractivity (Wildman–Crippen MR) is 57.6 cm³/mol. The number of hydrogen-bond donors (Lipinski definition) is 0. The quantitative estimate of drug-likeness (QED) is 0.632. The zero-order valence-corrected chi connectivity index (χ0v) is 9.15. The zero-order chi connectivity index (χ0) is 10.1. The van der Waals surface area contributed by atoms with Gasteiger partial charge in [-0.2, -0.15) is 0 Å². The minimum absolute atomic E-state index is 0.0319. The summed E-state index contributed by atoms with van der Waals surface area (Å²) in [5, 5.41) is 0.534. The van der Waals surface area contributed by atoms with E-state index in [9.17, 15) is 4.39 Å². The van der Waals surface area contributed by atoms with Gasteiger partial charge in [-0.05, 0) is 25.0 Å². The van der Waals surface area contributed by atoms with Crippen LogP contribution < -0.4 is 0 Å². The van der Waals surface area contributed by atoms with Crippen molar-refractivity contribution in [2.45, 2.75) is 30.6 Å². The van der Waals surface area contributed by atoms with E-state index in [0.717, 1.165) is 19.3 Å². The van der Waals surface area contributed by atoms with Crippen molar-refractivity contribution in [2.24, 2.45) is 0 Å². The van der Waals surface area contributed by atoms with E-state index in [2.05, 4.69) is 0 Å². The highest BCUT2D eigenvalue weighted by atomic mass is 35.5. The van der Waals surface area contributed by atoms with Gasteiger partial charge in [0.25, 0.3) is 0 Å². The van der Waals surface area contributed by atoms with Gasteiger partial charge in [-0.15, -0.1) is 11.6 Å². The maximum atomic E-state index is 13.5. The Morgan fingerprint density at radius 1 is 1.29 bits per heavy atom. The molecule has 0 nitrogen and oxygen atoms in total. The summed E-state index contributed by atoms with van der Waals surface area (Å²) < 4.78 is 13.5. The van der Waals surface area contributed by atoms with Gasteiger partial charge in [0.2, 0.25) is 0 Å². The van der Waals surface area contributed by atoms with Crippen LogP contribution in [0.3, 0.4) is 0 Å². The van der Waals surface area contributed by atoms with Gasteiger partial charge < -0.3 is 0 Å². The molecule has 1 aromatic rings. The molecule has 0 N–H and O–H groups in total. The van der Waals surface area contributed by atoms with Crippen molar-refractivity contribution in [1.29, 1.82) is 0 Å². The van der Waals surface area contributed by atoms with E-state index in [1.807, 2.05) is 0 Å². The van der Waals surface area contributed by atoms with E-state index < -0.39 is 0 Å². The van der Waals surface area contributed by atoms with E-state index in [-0.39, 0.29) is 17.1 Å². The maximum absolute atomic E-state index is 13.5. The van der Waals surface area contributed by atoms with Gasteiger partial charge in [0.05, 0.1) is 0 Å². The summed E-state index contributed by atoms with van der Waals surface area (Å²) in [6, 6.07) is 4.80. The van der Waals surface area contributed by atoms with Crippen LogP contribution in [-0.4, -0.2) is 5.38 Å². The highest BCUT2D eigenvalue weighted by Gasteiger charge is 2.30. The molecule has 1 aliphatic rings. The third kappa shape index (κ3) is 1.76. The summed E-state index contributed by atoms with van der Waals surface area (Å²) in [5.74, 6) is -0.139. The molecule has 3 heteroatoms. The number of alkyl halides is 1. The molecule has 1 aromatic carbocycles. The third-order valence-corrected chi connectivity index (χ3v) is 3.65. The fraction of sp³-hybridized carbons (Fsp3) is 0.455. The van der Waals surface area contributed by atoms with Crippen LogP contribution in [-0.2, 0) is 0 Å². The number of benzene rings is 1. The number of halogens is 3. The molecule has 0 bridgehead atoms. The molecule has 2 rings (SSSR count). The molecule has 0 aliphatic heterocycles. The van der Waals surface area contributed by atoms with Gasteiger partial charge >= 0.3 is 0 Å². The van der Waals surface area contributed by atoms with Gasteiger partial charge in [0.15, 0.2) is 0 Å². The van der Waals surface area contributed by atoms with Crippen LogP contribution in [0.25, 0.3) is 0 Å². The zero-order valence-electron chi connectivity index (χ0n) is 7.64. The Morgan fingerprint density at radius 3 is 2.64 bits per heavy atom. The van der Waals surface area contributed by atoms with Crippen LogP contribution >= 0.6 is 23.2 Å². The second-order valence-electron chi connectivity index (χ2n) is 3.69. The summed E-state index contributed by atoms with van der Waals surface area (Å²) in [5.41, 5.74) is 0.603. The van der Waals surface area contributed by atoms with E-state index in [1.165, 1.54) is 6.07 Å². The minimum Gasteiger partial charge on any atom is -0.207 e.